The fourth-order valence-electron chi connectivity index (χ4n) is 3.50. The molecule has 2 aliphatic heterocycles. The maximum atomic E-state index is 13.4. The lowest BCUT2D eigenvalue weighted by molar-refractivity contribution is -0.145. The third-order valence-electron chi connectivity index (χ3n) is 5.71. The first kappa shape index (κ1) is 22.4. The fourth-order valence-corrected chi connectivity index (χ4v) is 3.50. The Labute approximate surface area is 168 Å². The van der Waals surface area contributed by atoms with Crippen LogP contribution >= 0.6 is 0 Å². The molecule has 158 valence electrons. The standard InChI is InChI=1S/C20H34N4O4/c1-4-20(2,3)14-17(28-19(26)23-10-12-27-13-11-23)18(25)24(9-5-7-21)16-6-8-22-15-16/h16-17,22H,4-6,8-15H2,1-3H3. The third kappa shape index (κ3) is 6.35. The number of morpholine rings is 1. The number of hydrogen-bond acceptors (Lipinski definition) is 6. The predicted octanol–water partition coefficient (Wildman–Crippen LogP) is 1.75. The lowest BCUT2D eigenvalue weighted by atomic mass is 9.83. The van der Waals surface area contributed by atoms with Gasteiger partial charge in [0, 0.05) is 32.2 Å². The number of carbonyl (C=O) groups is 2. The minimum atomic E-state index is -0.843. The van der Waals surface area contributed by atoms with Crippen LogP contribution < -0.4 is 5.32 Å². The van der Waals surface area contributed by atoms with E-state index in [1.807, 2.05) is 0 Å². The Morgan fingerprint density at radius 3 is 2.68 bits per heavy atom. The maximum absolute atomic E-state index is 13.4. The molecule has 0 aliphatic carbocycles. The van der Waals surface area contributed by atoms with Crippen LogP contribution in [0.5, 0.6) is 0 Å². The van der Waals surface area contributed by atoms with Crippen LogP contribution in [0.1, 0.15) is 46.5 Å². The average molecular weight is 395 g/mol. The number of nitriles is 1. The van der Waals surface area contributed by atoms with Gasteiger partial charge in [-0.25, -0.2) is 4.79 Å². The number of rotatable bonds is 8. The molecule has 8 nitrogen and oxygen atoms in total. The Morgan fingerprint density at radius 1 is 1.39 bits per heavy atom. The lowest BCUT2D eigenvalue weighted by Crippen LogP contribution is -2.51. The molecule has 0 saturated carbocycles. The van der Waals surface area contributed by atoms with Gasteiger partial charge in [0.25, 0.3) is 5.91 Å². The van der Waals surface area contributed by atoms with Crippen LogP contribution in [0.3, 0.4) is 0 Å². The summed E-state index contributed by atoms with van der Waals surface area (Å²) < 4.78 is 11.0. The molecular weight excluding hydrogens is 360 g/mol. The molecule has 0 bridgehead atoms. The number of nitrogens with one attached hydrogen (secondary N) is 1. The summed E-state index contributed by atoms with van der Waals surface area (Å²) in [5, 5.41) is 12.3. The molecule has 2 saturated heterocycles. The van der Waals surface area contributed by atoms with Crippen molar-refractivity contribution in [1.82, 2.24) is 15.1 Å². The van der Waals surface area contributed by atoms with Crippen molar-refractivity contribution in [2.75, 3.05) is 45.9 Å². The van der Waals surface area contributed by atoms with Crippen LogP contribution in [0.15, 0.2) is 0 Å². The molecule has 2 heterocycles. The normalized spacial score (nSPS) is 21.1. The first-order valence-corrected chi connectivity index (χ1v) is 10.3. The summed E-state index contributed by atoms with van der Waals surface area (Å²) in [6.45, 7) is 10.0. The van der Waals surface area contributed by atoms with Crippen molar-refractivity contribution < 1.29 is 19.1 Å². The first-order valence-electron chi connectivity index (χ1n) is 10.3. The lowest BCUT2D eigenvalue weighted by Gasteiger charge is -2.35. The Balaban J connectivity index is 2.15. The van der Waals surface area contributed by atoms with E-state index in [4.69, 9.17) is 14.7 Å². The second kappa shape index (κ2) is 10.6. The van der Waals surface area contributed by atoms with Crippen molar-refractivity contribution >= 4 is 12.0 Å². The highest BCUT2D eigenvalue weighted by Gasteiger charge is 2.37. The Morgan fingerprint density at radius 2 is 2.11 bits per heavy atom. The molecule has 2 unspecified atom stereocenters. The molecule has 0 radical (unpaired) electrons. The topological polar surface area (TPSA) is 94.9 Å². The number of hydrogen-bond donors (Lipinski definition) is 1. The molecule has 8 heteroatoms. The summed E-state index contributed by atoms with van der Waals surface area (Å²) in [5.41, 5.74) is -0.138. The van der Waals surface area contributed by atoms with E-state index in [1.165, 1.54) is 0 Å². The molecule has 0 spiro atoms. The fraction of sp³-hybridized carbons (Fsp3) is 0.850. The van der Waals surface area contributed by atoms with Gasteiger partial charge in [-0.3, -0.25) is 4.79 Å². The zero-order valence-electron chi connectivity index (χ0n) is 17.4. The second-order valence-electron chi connectivity index (χ2n) is 8.28. The van der Waals surface area contributed by atoms with E-state index >= 15 is 0 Å². The van der Waals surface area contributed by atoms with Gasteiger partial charge in [-0.2, -0.15) is 5.26 Å². The van der Waals surface area contributed by atoms with Gasteiger partial charge >= 0.3 is 6.09 Å². The van der Waals surface area contributed by atoms with E-state index in [2.05, 4.69) is 32.2 Å². The van der Waals surface area contributed by atoms with Gasteiger partial charge in [0.15, 0.2) is 6.10 Å². The van der Waals surface area contributed by atoms with Crippen LogP contribution in [0.25, 0.3) is 0 Å². The molecule has 2 aliphatic rings. The zero-order valence-corrected chi connectivity index (χ0v) is 17.4. The van der Waals surface area contributed by atoms with Gasteiger partial charge in [0.2, 0.25) is 0 Å². The minimum absolute atomic E-state index is 0.0372. The number of nitrogens with zero attached hydrogens (tertiary/aromatic N) is 3. The largest absolute Gasteiger partial charge is 0.436 e. The van der Waals surface area contributed by atoms with Gasteiger partial charge in [-0.1, -0.05) is 27.2 Å². The smallest absolute Gasteiger partial charge is 0.410 e. The van der Waals surface area contributed by atoms with Crippen molar-refractivity contribution in [2.24, 2.45) is 5.41 Å². The number of ether oxygens (including phenoxy) is 2. The van der Waals surface area contributed by atoms with Crippen molar-refractivity contribution in [1.29, 1.82) is 5.26 Å². The van der Waals surface area contributed by atoms with Crippen LogP contribution in [-0.4, -0.2) is 79.9 Å². The van der Waals surface area contributed by atoms with E-state index in [-0.39, 0.29) is 23.8 Å². The highest BCUT2D eigenvalue weighted by atomic mass is 16.6. The minimum Gasteiger partial charge on any atom is -0.436 e. The van der Waals surface area contributed by atoms with Gasteiger partial charge in [-0.15, -0.1) is 0 Å². The van der Waals surface area contributed by atoms with Crippen LogP contribution in [0, 0.1) is 16.7 Å². The Bertz CT molecular complexity index is 563. The molecule has 2 rings (SSSR count). The first-order chi connectivity index (χ1) is 13.4. The van der Waals surface area contributed by atoms with E-state index in [0.717, 1.165) is 19.4 Å². The summed E-state index contributed by atoms with van der Waals surface area (Å²) in [4.78, 5) is 29.4. The van der Waals surface area contributed by atoms with Gasteiger partial charge < -0.3 is 24.6 Å². The molecule has 2 amide bonds. The molecule has 0 aromatic rings. The number of carbonyl (C=O) groups excluding carboxylic acids is 2. The van der Waals surface area contributed by atoms with Gasteiger partial charge in [0.05, 0.1) is 25.7 Å². The van der Waals surface area contributed by atoms with Crippen molar-refractivity contribution in [3.8, 4) is 6.07 Å². The molecule has 2 fully saturated rings. The van der Waals surface area contributed by atoms with Crippen LogP contribution in [-0.2, 0) is 14.3 Å². The molecule has 0 aromatic carbocycles. The van der Waals surface area contributed by atoms with Gasteiger partial charge in [0.1, 0.15) is 0 Å². The van der Waals surface area contributed by atoms with Crippen molar-refractivity contribution in [2.45, 2.75) is 58.6 Å². The molecule has 2 atom stereocenters. The van der Waals surface area contributed by atoms with Crippen LogP contribution in [0.2, 0.25) is 0 Å². The van der Waals surface area contributed by atoms with Crippen LogP contribution in [0.4, 0.5) is 4.79 Å². The van der Waals surface area contributed by atoms with E-state index in [1.54, 1.807) is 9.80 Å². The quantitative estimate of drug-likeness (QED) is 0.674. The SMILES string of the molecule is CCC(C)(C)CC(OC(=O)N1CCOCC1)C(=O)N(CCC#N)C1CCNC1. The van der Waals surface area contributed by atoms with Crippen molar-refractivity contribution in [3.05, 3.63) is 0 Å². The number of amides is 2. The summed E-state index contributed by atoms with van der Waals surface area (Å²) in [6, 6.07) is 2.16. The monoisotopic (exact) mass is 394 g/mol. The average Bonchev–Trinajstić information content (AvgIpc) is 3.22. The van der Waals surface area contributed by atoms with Crippen molar-refractivity contribution in [3.63, 3.8) is 0 Å². The van der Waals surface area contributed by atoms with Gasteiger partial charge in [-0.05, 0) is 24.8 Å². The predicted molar refractivity (Wildman–Crippen MR) is 105 cm³/mol. The third-order valence-corrected chi connectivity index (χ3v) is 5.71. The Hall–Kier alpha value is -1.85. The molecule has 0 aromatic heterocycles. The maximum Gasteiger partial charge on any atom is 0.410 e. The van der Waals surface area contributed by atoms with E-state index in [0.29, 0.717) is 45.8 Å². The summed E-state index contributed by atoms with van der Waals surface area (Å²) in [5.74, 6) is -0.188. The molecule has 1 N–H and O–H groups in total. The summed E-state index contributed by atoms with van der Waals surface area (Å²) >= 11 is 0. The Kier molecular flexibility index (Phi) is 8.52. The summed E-state index contributed by atoms with van der Waals surface area (Å²) in [7, 11) is 0. The molecular formula is C20H34N4O4. The summed E-state index contributed by atoms with van der Waals surface area (Å²) in [6.07, 6.45) is 1.14. The highest BCUT2D eigenvalue weighted by Crippen LogP contribution is 2.29. The van der Waals surface area contributed by atoms with E-state index in [9.17, 15) is 9.59 Å². The second-order valence-corrected chi connectivity index (χ2v) is 8.28. The highest BCUT2D eigenvalue weighted by molar-refractivity contribution is 5.84. The zero-order chi connectivity index (χ0) is 20.6. The van der Waals surface area contributed by atoms with E-state index < -0.39 is 12.2 Å². The molecule has 28 heavy (non-hydrogen) atoms.